The number of ether oxygens (including phenoxy) is 4. The Morgan fingerprint density at radius 1 is 1.08 bits per heavy atom. The number of nitrogens with one attached hydrogen (secondary N) is 1. The fourth-order valence-corrected chi connectivity index (χ4v) is 2.05. The average Bonchev–Trinajstić information content (AvgIpc) is 2.64. The molecule has 8 nitrogen and oxygen atoms in total. The summed E-state index contributed by atoms with van der Waals surface area (Å²) in [5.41, 5.74) is 0.716. The molecule has 0 fully saturated rings. The highest BCUT2D eigenvalue weighted by molar-refractivity contribution is 5.92. The van der Waals surface area contributed by atoms with E-state index in [0.29, 0.717) is 17.1 Å². The molecule has 1 aromatic rings. The normalized spacial score (nSPS) is 11.5. The van der Waals surface area contributed by atoms with E-state index in [2.05, 4.69) is 10.1 Å². The maximum atomic E-state index is 11.9. The number of hydrogen-bond donors (Lipinski definition) is 1. The number of rotatable bonds is 9. The molecule has 0 unspecified atom stereocenters. The molecule has 0 aliphatic heterocycles. The van der Waals surface area contributed by atoms with Gasteiger partial charge in [0.25, 0.3) is 5.91 Å². The molecule has 1 aromatic carbocycles. The molecule has 0 bridgehead atoms. The van der Waals surface area contributed by atoms with E-state index < -0.39 is 30.5 Å². The van der Waals surface area contributed by atoms with Gasteiger partial charge in [-0.05, 0) is 32.0 Å². The number of benzene rings is 1. The Balaban J connectivity index is 2.57. The van der Waals surface area contributed by atoms with Gasteiger partial charge in [-0.2, -0.15) is 0 Å². The van der Waals surface area contributed by atoms with Crippen molar-refractivity contribution >= 4 is 17.8 Å². The summed E-state index contributed by atoms with van der Waals surface area (Å²) >= 11 is 0. The molecule has 142 valence electrons. The molecule has 0 aliphatic rings. The Morgan fingerprint density at radius 3 is 2.31 bits per heavy atom. The zero-order valence-electron chi connectivity index (χ0n) is 15.2. The summed E-state index contributed by atoms with van der Waals surface area (Å²) in [6.45, 7) is 3.12. The van der Waals surface area contributed by atoms with Crippen LogP contribution in [0.25, 0.3) is 0 Å². The molecular weight excluding hydrogens is 342 g/mol. The van der Waals surface area contributed by atoms with Crippen LogP contribution in [0.5, 0.6) is 11.5 Å². The molecule has 0 heterocycles. The van der Waals surface area contributed by atoms with E-state index in [9.17, 15) is 14.4 Å². The maximum absolute atomic E-state index is 11.9. The van der Waals surface area contributed by atoms with Crippen LogP contribution < -0.4 is 14.8 Å². The van der Waals surface area contributed by atoms with Gasteiger partial charge in [0, 0.05) is 17.7 Å². The van der Waals surface area contributed by atoms with Crippen molar-refractivity contribution in [3.8, 4) is 11.5 Å². The largest absolute Gasteiger partial charge is 0.497 e. The first-order chi connectivity index (χ1) is 12.4. The van der Waals surface area contributed by atoms with E-state index in [4.69, 9.17) is 14.2 Å². The van der Waals surface area contributed by atoms with Crippen molar-refractivity contribution in [3.63, 3.8) is 0 Å². The van der Waals surface area contributed by atoms with Crippen molar-refractivity contribution in [3.05, 3.63) is 35.9 Å². The van der Waals surface area contributed by atoms with Crippen molar-refractivity contribution in [2.45, 2.75) is 19.9 Å². The van der Waals surface area contributed by atoms with Gasteiger partial charge in [0.05, 0.1) is 26.9 Å². The van der Waals surface area contributed by atoms with Crippen molar-refractivity contribution in [2.75, 3.05) is 27.4 Å². The minimum Gasteiger partial charge on any atom is -0.497 e. The van der Waals surface area contributed by atoms with Gasteiger partial charge in [-0.1, -0.05) is 0 Å². The highest BCUT2D eigenvalue weighted by Gasteiger charge is 2.16. The number of amides is 1. The lowest BCUT2D eigenvalue weighted by Crippen LogP contribution is -2.31. The molecule has 0 saturated carbocycles. The summed E-state index contributed by atoms with van der Waals surface area (Å²) < 4.78 is 19.8. The molecule has 0 radical (unpaired) electrons. The van der Waals surface area contributed by atoms with Gasteiger partial charge in [-0.3, -0.25) is 4.79 Å². The fraction of sp³-hybridized carbons (Fsp3) is 0.389. The second kappa shape index (κ2) is 10.8. The van der Waals surface area contributed by atoms with Gasteiger partial charge < -0.3 is 24.3 Å². The monoisotopic (exact) mass is 365 g/mol. The quantitative estimate of drug-likeness (QED) is 0.523. The number of esters is 2. The van der Waals surface area contributed by atoms with Crippen LogP contribution in [0, 0.1) is 0 Å². The van der Waals surface area contributed by atoms with Crippen molar-refractivity contribution in [1.82, 2.24) is 5.32 Å². The first-order valence-electron chi connectivity index (χ1n) is 7.94. The SMILES string of the molecule is CCOC(=O)/C=C/C(=O)OCC(=O)N[C@H](C)c1cc(OC)ccc1OC. The molecule has 26 heavy (non-hydrogen) atoms. The van der Waals surface area contributed by atoms with Crippen molar-refractivity contribution < 1.29 is 33.3 Å². The molecule has 0 saturated heterocycles. The number of carbonyl (C=O) groups is 3. The molecule has 0 spiro atoms. The summed E-state index contributed by atoms with van der Waals surface area (Å²) in [4.78, 5) is 34.5. The fourth-order valence-electron chi connectivity index (χ4n) is 2.05. The summed E-state index contributed by atoms with van der Waals surface area (Å²) in [5.74, 6) is -0.766. The lowest BCUT2D eigenvalue weighted by molar-refractivity contribution is -0.144. The molecular formula is C18H23NO7. The molecule has 1 amide bonds. The van der Waals surface area contributed by atoms with Crippen LogP contribution in [0.2, 0.25) is 0 Å². The first-order valence-corrected chi connectivity index (χ1v) is 7.94. The van der Waals surface area contributed by atoms with Crippen LogP contribution in [0.3, 0.4) is 0 Å². The van der Waals surface area contributed by atoms with Crippen LogP contribution >= 0.6 is 0 Å². The van der Waals surface area contributed by atoms with Crippen LogP contribution in [0.1, 0.15) is 25.5 Å². The third-order valence-corrected chi connectivity index (χ3v) is 3.27. The minimum absolute atomic E-state index is 0.201. The predicted octanol–water partition coefficient (Wildman–Crippen LogP) is 1.54. The van der Waals surface area contributed by atoms with Gasteiger partial charge in [0.2, 0.25) is 0 Å². The second-order valence-corrected chi connectivity index (χ2v) is 5.09. The molecule has 1 atom stereocenters. The Kier molecular flexibility index (Phi) is 8.69. The van der Waals surface area contributed by atoms with E-state index in [-0.39, 0.29) is 6.61 Å². The van der Waals surface area contributed by atoms with Crippen molar-refractivity contribution in [2.24, 2.45) is 0 Å². The van der Waals surface area contributed by atoms with Gasteiger partial charge >= 0.3 is 11.9 Å². The van der Waals surface area contributed by atoms with Crippen LogP contribution in [0.4, 0.5) is 0 Å². The van der Waals surface area contributed by atoms with Crippen LogP contribution in [0.15, 0.2) is 30.4 Å². The Bertz CT molecular complexity index is 670. The number of hydrogen-bond acceptors (Lipinski definition) is 7. The molecule has 8 heteroatoms. The van der Waals surface area contributed by atoms with E-state index in [1.54, 1.807) is 32.0 Å². The van der Waals surface area contributed by atoms with Gasteiger partial charge in [0.1, 0.15) is 11.5 Å². The molecule has 0 aromatic heterocycles. The first kappa shape index (κ1) is 21.0. The molecule has 1 rings (SSSR count). The van der Waals surface area contributed by atoms with E-state index in [1.165, 1.54) is 14.2 Å². The second-order valence-electron chi connectivity index (χ2n) is 5.09. The third kappa shape index (κ3) is 6.84. The highest BCUT2D eigenvalue weighted by Crippen LogP contribution is 2.29. The summed E-state index contributed by atoms with van der Waals surface area (Å²) in [6.07, 6.45) is 1.84. The van der Waals surface area contributed by atoms with E-state index >= 15 is 0 Å². The Morgan fingerprint density at radius 2 is 1.73 bits per heavy atom. The van der Waals surface area contributed by atoms with Crippen LogP contribution in [-0.2, 0) is 23.9 Å². The smallest absolute Gasteiger partial charge is 0.331 e. The Hall–Kier alpha value is -3.03. The standard InChI is InChI=1S/C18H23NO7/c1-5-25-17(21)8-9-18(22)26-11-16(20)19-12(2)14-10-13(23-3)6-7-15(14)24-4/h6-10,12H,5,11H2,1-4H3,(H,19,20)/b9-8+/t12-/m1/s1. The number of carbonyl (C=O) groups excluding carboxylic acids is 3. The van der Waals surface area contributed by atoms with Gasteiger partial charge in [0.15, 0.2) is 6.61 Å². The Labute approximate surface area is 152 Å². The summed E-state index contributed by atoms with van der Waals surface area (Å²) in [5, 5.41) is 2.70. The number of methoxy groups -OCH3 is 2. The van der Waals surface area contributed by atoms with Crippen LogP contribution in [-0.4, -0.2) is 45.3 Å². The lowest BCUT2D eigenvalue weighted by Gasteiger charge is -2.18. The third-order valence-electron chi connectivity index (χ3n) is 3.27. The van der Waals surface area contributed by atoms with Gasteiger partial charge in [-0.25, -0.2) is 9.59 Å². The zero-order chi connectivity index (χ0) is 19.5. The maximum Gasteiger partial charge on any atom is 0.331 e. The lowest BCUT2D eigenvalue weighted by atomic mass is 10.1. The molecule has 0 aliphatic carbocycles. The zero-order valence-corrected chi connectivity index (χ0v) is 15.2. The highest BCUT2D eigenvalue weighted by atomic mass is 16.5. The van der Waals surface area contributed by atoms with E-state index in [0.717, 1.165) is 12.2 Å². The average molecular weight is 365 g/mol. The van der Waals surface area contributed by atoms with Crippen molar-refractivity contribution in [1.29, 1.82) is 0 Å². The predicted molar refractivity (Wildman–Crippen MR) is 92.8 cm³/mol. The summed E-state index contributed by atoms with van der Waals surface area (Å²) in [6, 6.07) is 4.82. The van der Waals surface area contributed by atoms with E-state index in [1.807, 2.05) is 0 Å². The molecule has 1 N–H and O–H groups in total. The summed E-state index contributed by atoms with van der Waals surface area (Å²) in [7, 11) is 3.07. The van der Waals surface area contributed by atoms with Gasteiger partial charge in [-0.15, -0.1) is 0 Å². The minimum atomic E-state index is -0.820. The topological polar surface area (TPSA) is 100 Å².